The highest BCUT2D eigenvalue weighted by Crippen LogP contribution is 2.21. The van der Waals surface area contributed by atoms with E-state index < -0.39 is 0 Å². The summed E-state index contributed by atoms with van der Waals surface area (Å²) in [6.07, 6.45) is 8.09. The number of hydrogen-bond acceptors (Lipinski definition) is 5. The Bertz CT molecular complexity index is 1070. The van der Waals surface area contributed by atoms with E-state index in [1.807, 2.05) is 36.6 Å². The van der Waals surface area contributed by atoms with E-state index in [4.69, 9.17) is 0 Å². The van der Waals surface area contributed by atoms with Gasteiger partial charge in [0.05, 0.1) is 29.3 Å². The minimum absolute atomic E-state index is 0.187. The molecule has 8 nitrogen and oxygen atoms in total. The second kappa shape index (κ2) is 6.83. The molecule has 0 aliphatic heterocycles. The Hall–Kier alpha value is -3.81. The van der Waals surface area contributed by atoms with Crippen LogP contribution in [0.1, 0.15) is 21.7 Å². The summed E-state index contributed by atoms with van der Waals surface area (Å²) in [5, 5.41) is 6.91. The van der Waals surface area contributed by atoms with Crippen molar-refractivity contribution in [3.8, 4) is 11.5 Å². The smallest absolute Gasteiger partial charge is 0.257 e. The average Bonchev–Trinajstić information content (AvgIpc) is 3.31. The van der Waals surface area contributed by atoms with E-state index >= 15 is 0 Å². The monoisotopic (exact) mass is 359 g/mol. The standard InChI is InChI=1S/C19H17N7O/c1-13-8-17(14(2)26(13)16-4-3-7-20-10-16)19(27)24-15-5-6-18(22-9-15)25-12-21-11-23-25/h3-12H,1-2H3,(H,24,27). The van der Waals surface area contributed by atoms with Crippen molar-refractivity contribution in [1.29, 1.82) is 0 Å². The molecular weight excluding hydrogens is 342 g/mol. The van der Waals surface area contributed by atoms with Crippen LogP contribution in [0.15, 0.2) is 61.6 Å². The molecule has 0 saturated heterocycles. The van der Waals surface area contributed by atoms with E-state index in [2.05, 4.69) is 25.4 Å². The topological polar surface area (TPSA) is 90.5 Å². The van der Waals surface area contributed by atoms with Crippen LogP contribution in [-0.2, 0) is 0 Å². The molecule has 4 rings (SSSR count). The van der Waals surface area contributed by atoms with Crippen LogP contribution in [0, 0.1) is 13.8 Å². The SMILES string of the molecule is Cc1cc(C(=O)Nc2ccc(-n3cncn3)nc2)c(C)n1-c1cccnc1. The molecule has 0 bridgehead atoms. The molecule has 27 heavy (non-hydrogen) atoms. The fraction of sp³-hybridized carbons (Fsp3) is 0.105. The highest BCUT2D eigenvalue weighted by molar-refractivity contribution is 6.05. The number of carbonyl (C=O) groups is 1. The zero-order valence-electron chi connectivity index (χ0n) is 14.9. The number of hydrogen-bond donors (Lipinski definition) is 1. The van der Waals surface area contributed by atoms with Crippen LogP contribution in [0.25, 0.3) is 11.5 Å². The third-order valence-electron chi connectivity index (χ3n) is 4.24. The van der Waals surface area contributed by atoms with Crippen LogP contribution in [-0.4, -0.2) is 35.2 Å². The summed E-state index contributed by atoms with van der Waals surface area (Å²) in [5.74, 6) is 0.439. The van der Waals surface area contributed by atoms with Crippen LogP contribution in [0.4, 0.5) is 5.69 Å². The average molecular weight is 359 g/mol. The van der Waals surface area contributed by atoms with E-state index in [9.17, 15) is 4.79 Å². The molecule has 0 atom stereocenters. The molecule has 4 aromatic rings. The first-order valence-electron chi connectivity index (χ1n) is 8.35. The number of aromatic nitrogens is 6. The number of pyridine rings is 2. The van der Waals surface area contributed by atoms with Crippen molar-refractivity contribution < 1.29 is 4.79 Å². The fourth-order valence-electron chi connectivity index (χ4n) is 3.00. The molecule has 0 unspecified atom stereocenters. The molecule has 1 N–H and O–H groups in total. The molecule has 0 aliphatic carbocycles. The van der Waals surface area contributed by atoms with Gasteiger partial charge in [-0.1, -0.05) is 0 Å². The van der Waals surface area contributed by atoms with Gasteiger partial charge in [-0.05, 0) is 44.2 Å². The Labute approximate surface area is 155 Å². The molecule has 0 spiro atoms. The van der Waals surface area contributed by atoms with E-state index in [1.165, 1.54) is 6.33 Å². The Morgan fingerprint density at radius 2 is 2.00 bits per heavy atom. The maximum absolute atomic E-state index is 12.7. The Kier molecular flexibility index (Phi) is 4.21. The van der Waals surface area contributed by atoms with Crippen LogP contribution in [0.2, 0.25) is 0 Å². The molecule has 0 fully saturated rings. The summed E-state index contributed by atoms with van der Waals surface area (Å²) >= 11 is 0. The lowest BCUT2D eigenvalue weighted by Gasteiger charge is -2.09. The number of nitrogens with one attached hydrogen (secondary N) is 1. The molecule has 4 aromatic heterocycles. The minimum Gasteiger partial charge on any atom is -0.321 e. The van der Waals surface area contributed by atoms with Crippen molar-refractivity contribution in [2.45, 2.75) is 13.8 Å². The van der Waals surface area contributed by atoms with Gasteiger partial charge in [-0.2, -0.15) is 5.10 Å². The fourth-order valence-corrected chi connectivity index (χ4v) is 3.00. The van der Waals surface area contributed by atoms with Gasteiger partial charge in [0.25, 0.3) is 5.91 Å². The molecule has 0 aliphatic rings. The normalized spacial score (nSPS) is 10.7. The number of anilines is 1. The number of rotatable bonds is 4. The van der Waals surface area contributed by atoms with Gasteiger partial charge in [-0.3, -0.25) is 9.78 Å². The first-order valence-corrected chi connectivity index (χ1v) is 8.35. The highest BCUT2D eigenvalue weighted by Gasteiger charge is 2.17. The summed E-state index contributed by atoms with van der Waals surface area (Å²) in [5.41, 5.74) is 3.95. The third kappa shape index (κ3) is 3.20. The molecule has 1 amide bonds. The maximum Gasteiger partial charge on any atom is 0.257 e. The van der Waals surface area contributed by atoms with Gasteiger partial charge < -0.3 is 9.88 Å². The van der Waals surface area contributed by atoms with Crippen LogP contribution < -0.4 is 5.32 Å². The van der Waals surface area contributed by atoms with Crippen molar-refractivity contribution in [3.63, 3.8) is 0 Å². The minimum atomic E-state index is -0.187. The molecule has 8 heteroatoms. The number of amides is 1. The molecular formula is C19H17N7O. The first-order chi connectivity index (χ1) is 13.1. The Morgan fingerprint density at radius 1 is 1.11 bits per heavy atom. The van der Waals surface area contributed by atoms with Crippen LogP contribution in [0.5, 0.6) is 0 Å². The van der Waals surface area contributed by atoms with Crippen molar-refractivity contribution in [3.05, 3.63) is 78.5 Å². The van der Waals surface area contributed by atoms with Crippen molar-refractivity contribution in [2.24, 2.45) is 0 Å². The zero-order valence-corrected chi connectivity index (χ0v) is 14.9. The van der Waals surface area contributed by atoms with Crippen molar-refractivity contribution >= 4 is 11.6 Å². The lowest BCUT2D eigenvalue weighted by molar-refractivity contribution is 0.102. The number of aryl methyl sites for hydroxylation is 1. The van der Waals surface area contributed by atoms with E-state index in [0.29, 0.717) is 17.1 Å². The highest BCUT2D eigenvalue weighted by atomic mass is 16.1. The summed E-state index contributed by atoms with van der Waals surface area (Å²) in [4.78, 5) is 25.1. The van der Waals surface area contributed by atoms with E-state index in [0.717, 1.165) is 17.1 Å². The molecule has 0 saturated carbocycles. The lowest BCUT2D eigenvalue weighted by Crippen LogP contribution is -2.13. The third-order valence-corrected chi connectivity index (χ3v) is 4.24. The van der Waals surface area contributed by atoms with Crippen molar-refractivity contribution in [2.75, 3.05) is 5.32 Å². The van der Waals surface area contributed by atoms with Gasteiger partial charge in [-0.25, -0.2) is 14.6 Å². The van der Waals surface area contributed by atoms with Crippen LogP contribution in [0.3, 0.4) is 0 Å². The maximum atomic E-state index is 12.7. The summed E-state index contributed by atoms with van der Waals surface area (Å²) in [6, 6.07) is 9.25. The number of carbonyl (C=O) groups excluding carboxylic acids is 1. The predicted octanol–water partition coefficient (Wildman–Crippen LogP) is 2.72. The molecule has 4 heterocycles. The quantitative estimate of drug-likeness (QED) is 0.605. The van der Waals surface area contributed by atoms with Gasteiger partial charge in [0.2, 0.25) is 0 Å². The largest absolute Gasteiger partial charge is 0.321 e. The summed E-state index contributed by atoms with van der Waals surface area (Å²) in [6.45, 7) is 3.88. The Morgan fingerprint density at radius 3 is 2.67 bits per heavy atom. The van der Waals surface area contributed by atoms with Crippen LogP contribution >= 0.6 is 0 Å². The molecule has 0 aromatic carbocycles. The van der Waals surface area contributed by atoms with Gasteiger partial charge in [-0.15, -0.1) is 0 Å². The number of nitrogens with zero attached hydrogens (tertiary/aromatic N) is 6. The zero-order chi connectivity index (χ0) is 18.8. The van der Waals surface area contributed by atoms with E-state index in [-0.39, 0.29) is 5.91 Å². The summed E-state index contributed by atoms with van der Waals surface area (Å²) < 4.78 is 3.56. The summed E-state index contributed by atoms with van der Waals surface area (Å²) in [7, 11) is 0. The molecule has 0 radical (unpaired) electrons. The first kappa shape index (κ1) is 16.6. The second-order valence-corrected chi connectivity index (χ2v) is 6.03. The second-order valence-electron chi connectivity index (χ2n) is 6.03. The van der Waals surface area contributed by atoms with E-state index in [1.54, 1.807) is 41.7 Å². The van der Waals surface area contributed by atoms with Gasteiger partial charge in [0, 0.05) is 17.6 Å². The van der Waals surface area contributed by atoms with Gasteiger partial charge >= 0.3 is 0 Å². The Balaban J connectivity index is 1.57. The molecule has 134 valence electrons. The van der Waals surface area contributed by atoms with Gasteiger partial charge in [0.1, 0.15) is 12.7 Å². The van der Waals surface area contributed by atoms with Crippen molar-refractivity contribution in [1.82, 2.24) is 29.3 Å². The van der Waals surface area contributed by atoms with Gasteiger partial charge in [0.15, 0.2) is 5.82 Å². The predicted molar refractivity (Wildman–Crippen MR) is 100 cm³/mol. The lowest BCUT2D eigenvalue weighted by atomic mass is 10.2.